The van der Waals surface area contributed by atoms with Crippen molar-refractivity contribution in [3.05, 3.63) is 54.0 Å². The Morgan fingerprint density at radius 3 is 2.67 bits per heavy atom. The number of furan rings is 1. The normalized spacial score (nSPS) is 14.1. The predicted molar refractivity (Wildman–Crippen MR) is 76.4 cm³/mol. The van der Waals surface area contributed by atoms with Crippen molar-refractivity contribution in [2.75, 3.05) is 0 Å². The van der Waals surface area contributed by atoms with Crippen LogP contribution in [0.1, 0.15) is 43.7 Å². The van der Waals surface area contributed by atoms with Gasteiger partial charge in [-0.2, -0.15) is 8.78 Å². The largest absolute Gasteiger partial charge is 0.468 e. The Hall–Kier alpha value is -1.88. The summed E-state index contributed by atoms with van der Waals surface area (Å²) < 4.78 is 34.3. The minimum Gasteiger partial charge on any atom is -0.468 e. The first-order valence-electron chi connectivity index (χ1n) is 6.94. The number of rotatable bonds is 7. The molecule has 0 radical (unpaired) electrons. The highest BCUT2D eigenvalue weighted by Crippen LogP contribution is 2.25. The maximum absolute atomic E-state index is 12.3. The Morgan fingerprint density at radius 2 is 2.05 bits per heavy atom. The van der Waals surface area contributed by atoms with Crippen LogP contribution in [0.15, 0.2) is 47.1 Å². The fourth-order valence-electron chi connectivity index (χ4n) is 2.25. The number of alkyl halides is 2. The molecule has 0 fully saturated rings. The molecule has 2 aromatic rings. The molecule has 114 valence electrons. The number of nitrogens with one attached hydrogen (secondary N) is 1. The zero-order chi connectivity index (χ0) is 15.2. The first-order chi connectivity index (χ1) is 10.1. The summed E-state index contributed by atoms with van der Waals surface area (Å²) >= 11 is 0. The van der Waals surface area contributed by atoms with Crippen molar-refractivity contribution in [3.8, 4) is 5.75 Å². The molecule has 0 saturated heterocycles. The molecule has 0 aliphatic heterocycles. The lowest BCUT2D eigenvalue weighted by Crippen LogP contribution is -2.24. The van der Waals surface area contributed by atoms with E-state index in [2.05, 4.69) is 17.0 Å². The first kappa shape index (κ1) is 15.5. The zero-order valence-electron chi connectivity index (χ0n) is 12.1. The molecule has 0 spiro atoms. The second-order valence-electron chi connectivity index (χ2n) is 4.82. The van der Waals surface area contributed by atoms with Gasteiger partial charge in [0.15, 0.2) is 0 Å². The topological polar surface area (TPSA) is 34.4 Å². The summed E-state index contributed by atoms with van der Waals surface area (Å²) in [6.07, 6.45) is 2.51. The number of benzene rings is 1. The lowest BCUT2D eigenvalue weighted by Gasteiger charge is -2.21. The van der Waals surface area contributed by atoms with Gasteiger partial charge >= 0.3 is 6.61 Å². The Bertz CT molecular complexity index is 543. The molecule has 1 aromatic heterocycles. The monoisotopic (exact) mass is 295 g/mol. The SMILES string of the molecule is CCC(NC(C)c1cccc(OC(F)F)c1)c1ccco1. The lowest BCUT2D eigenvalue weighted by molar-refractivity contribution is -0.0499. The van der Waals surface area contributed by atoms with Crippen molar-refractivity contribution in [3.63, 3.8) is 0 Å². The third-order valence-corrected chi connectivity index (χ3v) is 3.33. The van der Waals surface area contributed by atoms with E-state index in [9.17, 15) is 8.78 Å². The highest BCUT2D eigenvalue weighted by molar-refractivity contribution is 5.30. The van der Waals surface area contributed by atoms with E-state index >= 15 is 0 Å². The first-order valence-corrected chi connectivity index (χ1v) is 6.94. The summed E-state index contributed by atoms with van der Waals surface area (Å²) in [5.41, 5.74) is 0.887. The smallest absolute Gasteiger partial charge is 0.387 e. The van der Waals surface area contributed by atoms with Gasteiger partial charge in [0.25, 0.3) is 0 Å². The van der Waals surface area contributed by atoms with Crippen LogP contribution in [0.25, 0.3) is 0 Å². The van der Waals surface area contributed by atoms with Crippen LogP contribution in [-0.4, -0.2) is 6.61 Å². The average Bonchev–Trinajstić information content (AvgIpc) is 2.98. The van der Waals surface area contributed by atoms with Crippen LogP contribution in [0.5, 0.6) is 5.75 Å². The van der Waals surface area contributed by atoms with E-state index in [0.717, 1.165) is 17.7 Å². The van der Waals surface area contributed by atoms with Gasteiger partial charge in [-0.1, -0.05) is 19.1 Å². The second-order valence-corrected chi connectivity index (χ2v) is 4.82. The molecule has 2 atom stereocenters. The van der Waals surface area contributed by atoms with Crippen LogP contribution in [0.3, 0.4) is 0 Å². The van der Waals surface area contributed by atoms with Crippen LogP contribution in [0.2, 0.25) is 0 Å². The van der Waals surface area contributed by atoms with Crippen LogP contribution >= 0.6 is 0 Å². The number of hydrogen-bond acceptors (Lipinski definition) is 3. The van der Waals surface area contributed by atoms with Crippen molar-refractivity contribution in [2.24, 2.45) is 0 Å². The standard InChI is InChI=1S/C16H19F2NO2/c1-3-14(15-8-5-9-20-15)19-11(2)12-6-4-7-13(10-12)21-16(17)18/h4-11,14,16,19H,3H2,1-2H3. The highest BCUT2D eigenvalue weighted by atomic mass is 19.3. The van der Waals surface area contributed by atoms with E-state index in [0.29, 0.717) is 0 Å². The van der Waals surface area contributed by atoms with E-state index in [4.69, 9.17) is 4.42 Å². The molecule has 1 heterocycles. The zero-order valence-corrected chi connectivity index (χ0v) is 12.1. The predicted octanol–water partition coefficient (Wildman–Crippen LogP) is 4.68. The van der Waals surface area contributed by atoms with Crippen LogP contribution < -0.4 is 10.1 Å². The number of hydrogen-bond donors (Lipinski definition) is 1. The Morgan fingerprint density at radius 1 is 1.24 bits per heavy atom. The van der Waals surface area contributed by atoms with Crippen molar-refractivity contribution in [2.45, 2.75) is 39.0 Å². The summed E-state index contributed by atoms with van der Waals surface area (Å²) in [4.78, 5) is 0. The molecule has 1 aromatic carbocycles. The summed E-state index contributed by atoms with van der Waals surface area (Å²) in [7, 11) is 0. The molecule has 0 bridgehead atoms. The maximum Gasteiger partial charge on any atom is 0.387 e. The van der Waals surface area contributed by atoms with Crippen molar-refractivity contribution < 1.29 is 17.9 Å². The van der Waals surface area contributed by atoms with E-state index < -0.39 is 6.61 Å². The summed E-state index contributed by atoms with van der Waals surface area (Å²) in [6, 6.07) is 10.6. The van der Waals surface area contributed by atoms with Crippen LogP contribution in [0.4, 0.5) is 8.78 Å². The molecule has 0 aliphatic rings. The Kier molecular flexibility index (Phi) is 5.33. The summed E-state index contributed by atoms with van der Waals surface area (Å²) in [5.74, 6) is 1.03. The van der Waals surface area contributed by atoms with Crippen molar-refractivity contribution in [1.82, 2.24) is 5.32 Å². The molecule has 5 heteroatoms. The average molecular weight is 295 g/mol. The highest BCUT2D eigenvalue weighted by Gasteiger charge is 2.16. The third-order valence-electron chi connectivity index (χ3n) is 3.33. The minimum atomic E-state index is -2.81. The minimum absolute atomic E-state index is 0.0127. The van der Waals surface area contributed by atoms with E-state index in [-0.39, 0.29) is 17.8 Å². The van der Waals surface area contributed by atoms with E-state index in [1.165, 1.54) is 6.07 Å². The second kappa shape index (κ2) is 7.22. The molecule has 0 amide bonds. The van der Waals surface area contributed by atoms with Gasteiger partial charge in [0.1, 0.15) is 11.5 Å². The number of halogens is 2. The van der Waals surface area contributed by atoms with Crippen molar-refractivity contribution in [1.29, 1.82) is 0 Å². The van der Waals surface area contributed by atoms with Gasteiger partial charge in [-0.15, -0.1) is 0 Å². The van der Waals surface area contributed by atoms with Crippen LogP contribution in [0, 0.1) is 0 Å². The van der Waals surface area contributed by atoms with Gasteiger partial charge in [-0.05, 0) is 43.2 Å². The van der Waals surface area contributed by atoms with Gasteiger partial charge < -0.3 is 14.5 Å². The molecular formula is C16H19F2NO2. The molecule has 3 nitrogen and oxygen atoms in total. The molecule has 2 rings (SSSR count). The van der Waals surface area contributed by atoms with E-state index in [1.807, 2.05) is 25.1 Å². The van der Waals surface area contributed by atoms with Gasteiger partial charge in [-0.3, -0.25) is 0 Å². The molecule has 1 N–H and O–H groups in total. The molecular weight excluding hydrogens is 276 g/mol. The molecule has 21 heavy (non-hydrogen) atoms. The quantitative estimate of drug-likeness (QED) is 0.805. The molecule has 0 saturated carbocycles. The van der Waals surface area contributed by atoms with Gasteiger partial charge in [-0.25, -0.2) is 0 Å². The third kappa shape index (κ3) is 4.29. The van der Waals surface area contributed by atoms with Gasteiger partial charge in [0, 0.05) is 6.04 Å². The Balaban J connectivity index is 2.07. The van der Waals surface area contributed by atoms with E-state index in [1.54, 1.807) is 18.4 Å². The maximum atomic E-state index is 12.3. The van der Waals surface area contributed by atoms with Crippen LogP contribution in [-0.2, 0) is 0 Å². The number of ether oxygens (including phenoxy) is 1. The van der Waals surface area contributed by atoms with Gasteiger partial charge in [0.2, 0.25) is 0 Å². The van der Waals surface area contributed by atoms with Crippen molar-refractivity contribution >= 4 is 0 Å². The molecule has 0 aliphatic carbocycles. The summed E-state index contributed by atoms with van der Waals surface area (Å²) in [6.45, 7) is 1.23. The fourth-order valence-corrected chi connectivity index (χ4v) is 2.25. The summed E-state index contributed by atoms with van der Waals surface area (Å²) in [5, 5.41) is 3.43. The lowest BCUT2D eigenvalue weighted by atomic mass is 10.1. The fraction of sp³-hybridized carbons (Fsp3) is 0.375. The molecule has 2 unspecified atom stereocenters. The van der Waals surface area contributed by atoms with Gasteiger partial charge in [0.05, 0.1) is 12.3 Å². The Labute approximate surface area is 122 Å².